The monoisotopic (exact) mass is 613 g/mol. The Morgan fingerprint density at radius 2 is 1.26 bits per heavy atom. The van der Waals surface area contributed by atoms with Crippen LogP contribution in [0.1, 0.15) is 82.3 Å². The van der Waals surface area contributed by atoms with Crippen molar-refractivity contribution in [3.05, 3.63) is 93.5 Å². The van der Waals surface area contributed by atoms with Crippen LogP contribution in [0.5, 0.6) is 11.5 Å². The summed E-state index contributed by atoms with van der Waals surface area (Å²) in [6.45, 7) is 14.8. The van der Waals surface area contributed by atoms with Crippen molar-refractivity contribution in [2.75, 3.05) is 12.9 Å². The first-order valence-corrected chi connectivity index (χ1v) is 15.7. The summed E-state index contributed by atoms with van der Waals surface area (Å²) in [5.74, 6) is -1.39. The minimum absolute atomic E-state index is 0.0178. The number of ether oxygens (including phenoxy) is 2. The van der Waals surface area contributed by atoms with E-state index in [2.05, 4.69) is 0 Å². The molecule has 3 aromatic rings. The molecule has 0 heterocycles. The van der Waals surface area contributed by atoms with Crippen LogP contribution in [0.4, 0.5) is 0 Å². The summed E-state index contributed by atoms with van der Waals surface area (Å²) >= 11 is 0. The fraction of sp³-hybridized carbons (Fsp3) is 0.394. The average molecular weight is 614 g/mol. The van der Waals surface area contributed by atoms with Crippen LogP contribution in [-0.4, -0.2) is 44.4 Å². The summed E-state index contributed by atoms with van der Waals surface area (Å²) in [5.41, 5.74) is 10.1. The molecule has 3 rings (SSSR count). The van der Waals surface area contributed by atoms with Gasteiger partial charge in [-0.25, -0.2) is 9.59 Å². The molecule has 0 spiro atoms. The topological polar surface area (TPSA) is 142 Å². The lowest BCUT2D eigenvalue weighted by atomic mass is 9.82. The molecular weight excluding hydrogens is 570 g/mol. The Kier molecular flexibility index (Phi) is 12.2. The van der Waals surface area contributed by atoms with Crippen LogP contribution in [0.15, 0.2) is 54.6 Å². The van der Waals surface area contributed by atoms with Crippen LogP contribution >= 0.6 is 0 Å². The second-order valence-electron chi connectivity index (χ2n) is 11.6. The summed E-state index contributed by atoms with van der Waals surface area (Å²) in [6, 6.07) is 14.5. The SMILES string of the molecule is CCO.Cc1ccc(C)c(C(=O)Oc2ccc(C(OS(C)(=O)=O)C(N)C(C)(C)C)cc2OC(=O)c2cc(C)ccc2C)c1. The minimum Gasteiger partial charge on any atom is -0.419 e. The molecule has 0 fully saturated rings. The molecule has 0 aliphatic rings. The van der Waals surface area contributed by atoms with Crippen LogP contribution in [0, 0.1) is 33.1 Å². The maximum absolute atomic E-state index is 13.3. The molecule has 43 heavy (non-hydrogen) atoms. The summed E-state index contributed by atoms with van der Waals surface area (Å²) in [4.78, 5) is 26.4. The van der Waals surface area contributed by atoms with Crippen LogP contribution in [0.3, 0.4) is 0 Å². The third-order valence-electron chi connectivity index (χ3n) is 6.53. The number of hydrogen-bond donors (Lipinski definition) is 2. The number of carbonyl (C=O) groups excluding carboxylic acids is 2. The highest BCUT2D eigenvalue weighted by atomic mass is 32.2. The van der Waals surface area contributed by atoms with Gasteiger partial charge in [0.25, 0.3) is 10.1 Å². The van der Waals surface area contributed by atoms with Crippen molar-refractivity contribution in [3.63, 3.8) is 0 Å². The molecule has 0 radical (unpaired) electrons. The molecule has 3 N–H and O–H groups in total. The smallest absolute Gasteiger partial charge is 0.343 e. The molecule has 0 amide bonds. The maximum Gasteiger partial charge on any atom is 0.343 e. The molecule has 0 saturated heterocycles. The van der Waals surface area contributed by atoms with Gasteiger partial charge < -0.3 is 20.3 Å². The van der Waals surface area contributed by atoms with Crippen molar-refractivity contribution >= 4 is 22.1 Å². The molecular formula is C33H43NO8S. The Bertz CT molecular complexity index is 1560. The van der Waals surface area contributed by atoms with Gasteiger partial charge in [-0.15, -0.1) is 0 Å². The second-order valence-corrected chi connectivity index (χ2v) is 13.2. The lowest BCUT2D eigenvalue weighted by Crippen LogP contribution is -2.42. The van der Waals surface area contributed by atoms with Crippen LogP contribution < -0.4 is 15.2 Å². The van der Waals surface area contributed by atoms with E-state index in [4.69, 9.17) is 24.5 Å². The van der Waals surface area contributed by atoms with E-state index in [0.717, 1.165) is 22.9 Å². The van der Waals surface area contributed by atoms with Gasteiger partial charge in [0.15, 0.2) is 11.5 Å². The largest absolute Gasteiger partial charge is 0.419 e. The molecule has 234 valence electrons. The van der Waals surface area contributed by atoms with Crippen molar-refractivity contribution in [2.45, 2.75) is 67.5 Å². The lowest BCUT2D eigenvalue weighted by molar-refractivity contribution is 0.0680. The van der Waals surface area contributed by atoms with Gasteiger partial charge in [0.05, 0.1) is 17.4 Å². The molecule has 0 bridgehead atoms. The lowest BCUT2D eigenvalue weighted by Gasteiger charge is -2.33. The number of aliphatic hydroxyl groups is 1. The van der Waals surface area contributed by atoms with E-state index in [-0.39, 0.29) is 18.1 Å². The Hall–Kier alpha value is -3.57. The van der Waals surface area contributed by atoms with Crippen LogP contribution in [0.25, 0.3) is 0 Å². The first kappa shape index (κ1) is 35.6. The van der Waals surface area contributed by atoms with Crippen molar-refractivity contribution in [1.82, 2.24) is 0 Å². The molecule has 0 saturated carbocycles. The first-order valence-electron chi connectivity index (χ1n) is 13.9. The number of carbonyl (C=O) groups is 2. The summed E-state index contributed by atoms with van der Waals surface area (Å²) < 4.78 is 41.2. The van der Waals surface area contributed by atoms with E-state index in [0.29, 0.717) is 22.3 Å². The zero-order valence-corrected chi connectivity index (χ0v) is 27.2. The molecule has 10 heteroatoms. The van der Waals surface area contributed by atoms with Gasteiger partial charge >= 0.3 is 11.9 Å². The minimum atomic E-state index is -3.91. The number of aliphatic hydroxyl groups excluding tert-OH is 1. The van der Waals surface area contributed by atoms with Crippen molar-refractivity contribution in [3.8, 4) is 11.5 Å². The van der Waals surface area contributed by atoms with Crippen LogP contribution in [0.2, 0.25) is 0 Å². The number of esters is 2. The van der Waals surface area contributed by atoms with Crippen molar-refractivity contribution < 1.29 is 36.8 Å². The van der Waals surface area contributed by atoms with E-state index < -0.39 is 39.6 Å². The standard InChI is InChI=1S/C31H37NO7S.C2H6O/c1-18-9-11-20(3)23(15-18)29(33)37-25-14-13-22(27(39-40(8,35)36)28(32)31(5,6)7)17-26(25)38-30(34)24-16-19(2)10-12-21(24)4;1-2-3/h9-17,27-28H,32H2,1-8H3;3H,2H2,1H3. The normalized spacial score (nSPS) is 12.9. The van der Waals surface area contributed by atoms with E-state index in [1.165, 1.54) is 12.1 Å². The molecule has 0 aliphatic carbocycles. The highest BCUT2D eigenvalue weighted by molar-refractivity contribution is 7.86. The predicted molar refractivity (Wildman–Crippen MR) is 167 cm³/mol. The summed E-state index contributed by atoms with van der Waals surface area (Å²) in [5, 5.41) is 7.57. The Balaban J connectivity index is 0.00000206. The van der Waals surface area contributed by atoms with Gasteiger partial charge in [-0.3, -0.25) is 4.18 Å². The quantitative estimate of drug-likeness (QED) is 0.184. The number of hydrogen-bond acceptors (Lipinski definition) is 9. The molecule has 3 aromatic carbocycles. The molecule has 2 unspecified atom stereocenters. The van der Waals surface area contributed by atoms with Gasteiger partial charge in [0.1, 0.15) is 6.10 Å². The number of rotatable bonds is 8. The van der Waals surface area contributed by atoms with Gasteiger partial charge in [-0.2, -0.15) is 8.42 Å². The second kappa shape index (κ2) is 14.7. The van der Waals surface area contributed by atoms with Crippen molar-refractivity contribution in [1.29, 1.82) is 0 Å². The maximum atomic E-state index is 13.3. The van der Waals surface area contributed by atoms with Gasteiger partial charge in [0, 0.05) is 12.6 Å². The third-order valence-corrected chi connectivity index (χ3v) is 7.09. The molecule has 2 atom stereocenters. The Morgan fingerprint density at radius 1 is 0.814 bits per heavy atom. The fourth-order valence-corrected chi connectivity index (χ4v) is 4.66. The first-order chi connectivity index (χ1) is 19.9. The third kappa shape index (κ3) is 10.3. The zero-order chi connectivity index (χ0) is 32.7. The van der Waals surface area contributed by atoms with Crippen molar-refractivity contribution in [2.24, 2.45) is 11.1 Å². The average Bonchev–Trinajstić information content (AvgIpc) is 2.90. The number of benzene rings is 3. The van der Waals surface area contributed by atoms with E-state index in [1.54, 1.807) is 39.0 Å². The molecule has 9 nitrogen and oxygen atoms in total. The van der Waals surface area contributed by atoms with Crippen LogP contribution in [-0.2, 0) is 14.3 Å². The summed E-state index contributed by atoms with van der Waals surface area (Å²) in [6.07, 6.45) is -0.158. The number of aryl methyl sites for hydroxylation is 4. The van der Waals surface area contributed by atoms with Gasteiger partial charge in [0.2, 0.25) is 0 Å². The highest BCUT2D eigenvalue weighted by Crippen LogP contribution is 2.38. The Labute approximate surface area is 255 Å². The predicted octanol–water partition coefficient (Wildman–Crippen LogP) is 5.75. The van der Waals surface area contributed by atoms with E-state index in [9.17, 15) is 18.0 Å². The van der Waals surface area contributed by atoms with E-state index >= 15 is 0 Å². The zero-order valence-electron chi connectivity index (χ0n) is 26.3. The van der Waals surface area contributed by atoms with Gasteiger partial charge in [-0.05, 0) is 81.0 Å². The Morgan fingerprint density at radius 3 is 1.67 bits per heavy atom. The van der Waals surface area contributed by atoms with Gasteiger partial charge in [-0.1, -0.05) is 62.2 Å². The molecule has 0 aliphatic heterocycles. The highest BCUT2D eigenvalue weighted by Gasteiger charge is 2.34. The number of nitrogens with two attached hydrogens (primary N) is 1. The molecule has 0 aromatic heterocycles. The van der Waals surface area contributed by atoms with E-state index in [1.807, 2.05) is 58.9 Å². The fourth-order valence-electron chi connectivity index (χ4n) is 4.05. The summed E-state index contributed by atoms with van der Waals surface area (Å²) in [7, 11) is -3.91.